The molecule has 0 fully saturated rings. The highest BCUT2D eigenvalue weighted by Crippen LogP contribution is 2.28. The topological polar surface area (TPSA) is 74.5 Å². The molecule has 1 heterocycles. The number of nitrogens with zero attached hydrogens (tertiary/aromatic N) is 2. The zero-order valence-electron chi connectivity index (χ0n) is 14.7. The SMILES string of the molecule is COc1ccc(OC)c(C(=O)CSc2nnc(-c3ccc(C)cc3)o2)c1. The molecule has 0 aliphatic carbocycles. The summed E-state index contributed by atoms with van der Waals surface area (Å²) < 4.78 is 16.1. The zero-order valence-corrected chi connectivity index (χ0v) is 15.5. The zero-order chi connectivity index (χ0) is 18.5. The van der Waals surface area contributed by atoms with Gasteiger partial charge in [0, 0.05) is 5.56 Å². The molecule has 0 atom stereocenters. The van der Waals surface area contributed by atoms with Gasteiger partial charge >= 0.3 is 0 Å². The van der Waals surface area contributed by atoms with E-state index in [2.05, 4.69) is 10.2 Å². The smallest absolute Gasteiger partial charge is 0.277 e. The summed E-state index contributed by atoms with van der Waals surface area (Å²) in [5.41, 5.74) is 2.45. The Labute approximate surface area is 155 Å². The lowest BCUT2D eigenvalue weighted by Crippen LogP contribution is -2.05. The van der Waals surface area contributed by atoms with Crippen molar-refractivity contribution >= 4 is 17.5 Å². The Morgan fingerprint density at radius 3 is 2.54 bits per heavy atom. The maximum Gasteiger partial charge on any atom is 0.277 e. The van der Waals surface area contributed by atoms with E-state index >= 15 is 0 Å². The van der Waals surface area contributed by atoms with Gasteiger partial charge in [0.05, 0.1) is 25.5 Å². The summed E-state index contributed by atoms with van der Waals surface area (Å²) in [6.45, 7) is 2.01. The number of methoxy groups -OCH3 is 2. The van der Waals surface area contributed by atoms with Crippen molar-refractivity contribution in [1.82, 2.24) is 10.2 Å². The summed E-state index contributed by atoms with van der Waals surface area (Å²) in [6.07, 6.45) is 0. The largest absolute Gasteiger partial charge is 0.497 e. The van der Waals surface area contributed by atoms with Crippen LogP contribution in [0.3, 0.4) is 0 Å². The Hall–Kier alpha value is -2.80. The maximum atomic E-state index is 12.5. The number of benzene rings is 2. The molecule has 7 heteroatoms. The fourth-order valence-electron chi connectivity index (χ4n) is 2.32. The Kier molecular flexibility index (Phi) is 5.58. The lowest BCUT2D eigenvalue weighted by molar-refractivity contribution is 0.101. The van der Waals surface area contributed by atoms with Crippen LogP contribution in [0.15, 0.2) is 52.1 Å². The van der Waals surface area contributed by atoms with E-state index in [1.807, 2.05) is 31.2 Å². The third kappa shape index (κ3) is 4.05. The second-order valence-electron chi connectivity index (χ2n) is 5.52. The summed E-state index contributed by atoms with van der Waals surface area (Å²) in [7, 11) is 3.08. The van der Waals surface area contributed by atoms with Crippen molar-refractivity contribution in [3.8, 4) is 23.0 Å². The molecular weight excluding hydrogens is 352 g/mol. The maximum absolute atomic E-state index is 12.5. The molecule has 0 radical (unpaired) electrons. The van der Waals surface area contributed by atoms with Crippen LogP contribution in [-0.2, 0) is 0 Å². The second kappa shape index (κ2) is 8.05. The number of ether oxygens (including phenoxy) is 2. The molecule has 0 aliphatic heterocycles. The third-order valence-corrected chi connectivity index (χ3v) is 4.56. The highest BCUT2D eigenvalue weighted by Gasteiger charge is 2.16. The summed E-state index contributed by atoms with van der Waals surface area (Å²) in [5, 5.41) is 8.37. The molecule has 2 aromatic carbocycles. The van der Waals surface area contributed by atoms with Crippen molar-refractivity contribution in [1.29, 1.82) is 0 Å². The predicted octanol–water partition coefficient (Wildman–Crippen LogP) is 4.04. The molecule has 0 spiro atoms. The number of ketones is 1. The van der Waals surface area contributed by atoms with Gasteiger partial charge in [-0.05, 0) is 37.3 Å². The normalized spacial score (nSPS) is 10.6. The Morgan fingerprint density at radius 1 is 1.08 bits per heavy atom. The number of aryl methyl sites for hydroxylation is 1. The van der Waals surface area contributed by atoms with Crippen molar-refractivity contribution in [2.45, 2.75) is 12.1 Å². The van der Waals surface area contributed by atoms with Gasteiger partial charge in [0.1, 0.15) is 11.5 Å². The first-order valence-electron chi connectivity index (χ1n) is 7.89. The summed E-state index contributed by atoms with van der Waals surface area (Å²) in [4.78, 5) is 12.5. The van der Waals surface area contributed by atoms with Crippen LogP contribution in [-0.4, -0.2) is 36.0 Å². The van der Waals surface area contributed by atoms with Crippen molar-refractivity contribution in [2.24, 2.45) is 0 Å². The van der Waals surface area contributed by atoms with E-state index in [-0.39, 0.29) is 11.5 Å². The number of carbonyl (C=O) groups excluding carboxylic acids is 1. The molecule has 6 nitrogen and oxygen atoms in total. The number of thioether (sulfide) groups is 1. The van der Waals surface area contributed by atoms with E-state index in [1.165, 1.54) is 18.9 Å². The predicted molar refractivity (Wildman–Crippen MR) is 99.1 cm³/mol. The van der Waals surface area contributed by atoms with Gasteiger partial charge in [-0.2, -0.15) is 0 Å². The van der Waals surface area contributed by atoms with Gasteiger partial charge in [0.25, 0.3) is 5.22 Å². The molecule has 134 valence electrons. The van der Waals surface area contributed by atoms with E-state index in [0.29, 0.717) is 28.2 Å². The van der Waals surface area contributed by atoms with E-state index in [9.17, 15) is 4.79 Å². The Morgan fingerprint density at radius 2 is 1.85 bits per heavy atom. The summed E-state index contributed by atoms with van der Waals surface area (Å²) in [5.74, 6) is 1.57. The van der Waals surface area contributed by atoms with Gasteiger partial charge in [-0.15, -0.1) is 10.2 Å². The van der Waals surface area contributed by atoms with E-state index in [0.717, 1.165) is 11.1 Å². The van der Waals surface area contributed by atoms with Crippen LogP contribution in [0.25, 0.3) is 11.5 Å². The number of aromatic nitrogens is 2. The number of Topliss-reactive ketones (excluding diaryl/α,β-unsaturated/α-hetero) is 1. The minimum atomic E-state index is -0.110. The number of carbonyl (C=O) groups is 1. The van der Waals surface area contributed by atoms with Crippen molar-refractivity contribution < 1.29 is 18.7 Å². The fraction of sp³-hybridized carbons (Fsp3) is 0.211. The molecule has 26 heavy (non-hydrogen) atoms. The van der Waals surface area contributed by atoms with Gasteiger partial charge in [0.15, 0.2) is 5.78 Å². The Bertz CT molecular complexity index is 906. The molecule has 0 aliphatic rings. The second-order valence-corrected chi connectivity index (χ2v) is 6.44. The highest BCUT2D eigenvalue weighted by atomic mass is 32.2. The lowest BCUT2D eigenvalue weighted by atomic mass is 10.1. The first kappa shape index (κ1) is 18.0. The molecule has 0 N–H and O–H groups in total. The molecule has 3 rings (SSSR count). The third-order valence-electron chi connectivity index (χ3n) is 3.74. The van der Waals surface area contributed by atoms with Crippen molar-refractivity contribution in [3.05, 3.63) is 53.6 Å². The molecule has 0 saturated carbocycles. The highest BCUT2D eigenvalue weighted by molar-refractivity contribution is 7.99. The summed E-state index contributed by atoms with van der Waals surface area (Å²) >= 11 is 1.19. The van der Waals surface area contributed by atoms with E-state index in [1.54, 1.807) is 25.3 Å². The van der Waals surface area contributed by atoms with E-state index in [4.69, 9.17) is 13.9 Å². The van der Waals surface area contributed by atoms with Gasteiger partial charge in [0.2, 0.25) is 5.89 Å². The first-order valence-corrected chi connectivity index (χ1v) is 8.88. The number of hydrogen-bond donors (Lipinski definition) is 0. The molecule has 0 unspecified atom stereocenters. The minimum Gasteiger partial charge on any atom is -0.497 e. The minimum absolute atomic E-state index is 0.110. The van der Waals surface area contributed by atoms with Crippen LogP contribution in [0.4, 0.5) is 0 Å². The van der Waals surface area contributed by atoms with Crippen LogP contribution in [0.2, 0.25) is 0 Å². The monoisotopic (exact) mass is 370 g/mol. The van der Waals surface area contributed by atoms with Crippen LogP contribution < -0.4 is 9.47 Å². The number of hydrogen-bond acceptors (Lipinski definition) is 7. The van der Waals surface area contributed by atoms with Gasteiger partial charge in [-0.1, -0.05) is 29.5 Å². The van der Waals surface area contributed by atoms with Gasteiger partial charge in [-0.3, -0.25) is 4.79 Å². The Balaban J connectivity index is 1.70. The molecule has 0 saturated heterocycles. The number of rotatable bonds is 7. The standard InChI is InChI=1S/C19H18N2O4S/c1-12-4-6-13(7-5-12)18-20-21-19(25-18)26-11-16(22)15-10-14(23-2)8-9-17(15)24-3/h4-10H,11H2,1-3H3. The van der Waals surface area contributed by atoms with Crippen molar-refractivity contribution in [2.75, 3.05) is 20.0 Å². The lowest BCUT2D eigenvalue weighted by Gasteiger charge is -2.08. The van der Waals surface area contributed by atoms with E-state index < -0.39 is 0 Å². The fourth-order valence-corrected chi connectivity index (χ4v) is 2.96. The van der Waals surface area contributed by atoms with Crippen LogP contribution in [0, 0.1) is 6.92 Å². The summed E-state index contributed by atoms with van der Waals surface area (Å²) in [6, 6.07) is 12.9. The molecule has 3 aromatic rings. The van der Waals surface area contributed by atoms with Crippen molar-refractivity contribution in [3.63, 3.8) is 0 Å². The average Bonchev–Trinajstić information content (AvgIpc) is 3.15. The van der Waals surface area contributed by atoms with Gasteiger partial charge in [-0.25, -0.2) is 0 Å². The molecular formula is C19H18N2O4S. The van der Waals surface area contributed by atoms with Crippen LogP contribution in [0.5, 0.6) is 11.5 Å². The van der Waals surface area contributed by atoms with Crippen LogP contribution in [0.1, 0.15) is 15.9 Å². The molecule has 1 aromatic heterocycles. The quantitative estimate of drug-likeness (QED) is 0.459. The average molecular weight is 370 g/mol. The molecule has 0 bridgehead atoms. The van der Waals surface area contributed by atoms with Gasteiger partial charge < -0.3 is 13.9 Å². The molecule has 0 amide bonds. The van der Waals surface area contributed by atoms with Crippen LogP contribution >= 0.6 is 11.8 Å². The first-order chi connectivity index (χ1) is 12.6.